The van der Waals surface area contributed by atoms with Gasteiger partial charge in [-0.3, -0.25) is 4.79 Å². The molecule has 0 fully saturated rings. The number of benzene rings is 2. The molecule has 0 bridgehead atoms. The molecule has 3 rings (SSSR count). The maximum absolute atomic E-state index is 11.4. The molecule has 7 heteroatoms. The smallest absolute Gasteiger partial charge is 0.323 e. The topological polar surface area (TPSA) is 76.8 Å². The molecule has 0 atom stereocenters. The third-order valence-corrected chi connectivity index (χ3v) is 4.38. The molecule has 1 heterocycles. The molecule has 0 aliphatic rings. The predicted molar refractivity (Wildman–Crippen MR) is 108 cm³/mol. The van der Waals surface area contributed by atoms with Crippen LogP contribution in [-0.2, 0) is 11.3 Å². The van der Waals surface area contributed by atoms with E-state index in [0.29, 0.717) is 23.9 Å². The van der Waals surface area contributed by atoms with E-state index in [2.05, 4.69) is 9.88 Å². The van der Waals surface area contributed by atoms with E-state index in [4.69, 9.17) is 9.47 Å². The monoisotopic (exact) mass is 383 g/mol. The molecule has 0 saturated heterocycles. The van der Waals surface area contributed by atoms with Crippen LogP contribution < -0.4 is 9.47 Å². The Labute approximate surface area is 164 Å². The number of carboxylic acids is 1. The Morgan fingerprint density at radius 2 is 1.96 bits per heavy atom. The summed E-state index contributed by atoms with van der Waals surface area (Å²) in [6, 6.07) is 13.1. The highest BCUT2D eigenvalue weighted by molar-refractivity contribution is 5.83. The summed E-state index contributed by atoms with van der Waals surface area (Å²) < 4.78 is 13.0. The van der Waals surface area contributed by atoms with Gasteiger partial charge in [-0.2, -0.15) is 0 Å². The summed E-state index contributed by atoms with van der Waals surface area (Å²) in [6.07, 6.45) is 0.909. The van der Waals surface area contributed by atoms with E-state index in [1.165, 1.54) is 0 Å². The molecule has 0 aliphatic carbocycles. The molecule has 3 aromatic rings. The third kappa shape index (κ3) is 4.43. The van der Waals surface area contributed by atoms with Crippen LogP contribution in [0.3, 0.4) is 0 Å². The normalized spacial score (nSPS) is 11.1. The number of aliphatic carboxylic acids is 1. The quantitative estimate of drug-likeness (QED) is 0.572. The number of methoxy groups -OCH3 is 1. The first kappa shape index (κ1) is 19.7. The standard InChI is InChI=1S/C21H25N3O4/c1-23(2)11-6-12-28-18-10-9-15(13-19(18)27-3)21-22-16-7-4-5-8-17(16)24(21)14-20(25)26/h4-5,7-10,13H,6,11-12,14H2,1-3H3,(H,25,26). The van der Waals surface area contributed by atoms with E-state index in [-0.39, 0.29) is 6.54 Å². The lowest BCUT2D eigenvalue weighted by Crippen LogP contribution is -2.15. The van der Waals surface area contributed by atoms with Crippen LogP contribution in [0.4, 0.5) is 0 Å². The van der Waals surface area contributed by atoms with E-state index in [1.807, 2.05) is 56.6 Å². The zero-order valence-corrected chi connectivity index (χ0v) is 16.4. The molecule has 0 radical (unpaired) electrons. The number of carboxylic acid groups (broad SMARTS) is 1. The van der Waals surface area contributed by atoms with Crippen molar-refractivity contribution in [3.8, 4) is 22.9 Å². The molecular weight excluding hydrogens is 358 g/mol. The van der Waals surface area contributed by atoms with Crippen molar-refractivity contribution >= 4 is 17.0 Å². The van der Waals surface area contributed by atoms with Gasteiger partial charge in [0.05, 0.1) is 24.8 Å². The van der Waals surface area contributed by atoms with Crippen molar-refractivity contribution in [2.45, 2.75) is 13.0 Å². The van der Waals surface area contributed by atoms with E-state index >= 15 is 0 Å². The summed E-state index contributed by atoms with van der Waals surface area (Å²) in [5.74, 6) is 0.917. The summed E-state index contributed by atoms with van der Waals surface area (Å²) in [7, 11) is 5.64. The van der Waals surface area contributed by atoms with Gasteiger partial charge in [-0.05, 0) is 50.8 Å². The average Bonchev–Trinajstić information content (AvgIpc) is 3.03. The average molecular weight is 383 g/mol. The van der Waals surface area contributed by atoms with E-state index in [0.717, 1.165) is 29.6 Å². The van der Waals surface area contributed by atoms with Crippen LogP contribution >= 0.6 is 0 Å². The van der Waals surface area contributed by atoms with Crippen molar-refractivity contribution in [3.63, 3.8) is 0 Å². The minimum Gasteiger partial charge on any atom is -0.493 e. The zero-order valence-electron chi connectivity index (χ0n) is 16.4. The van der Waals surface area contributed by atoms with Gasteiger partial charge in [0.25, 0.3) is 0 Å². The van der Waals surface area contributed by atoms with Crippen LogP contribution in [-0.4, -0.2) is 59.9 Å². The van der Waals surface area contributed by atoms with Crippen LogP contribution in [0.1, 0.15) is 6.42 Å². The first-order valence-electron chi connectivity index (χ1n) is 9.12. The van der Waals surface area contributed by atoms with Gasteiger partial charge in [0.15, 0.2) is 11.5 Å². The van der Waals surface area contributed by atoms with E-state index in [9.17, 15) is 9.90 Å². The second-order valence-corrected chi connectivity index (χ2v) is 6.77. The highest BCUT2D eigenvalue weighted by atomic mass is 16.5. The molecule has 0 spiro atoms. The van der Waals surface area contributed by atoms with Crippen molar-refractivity contribution in [2.75, 3.05) is 34.4 Å². The SMILES string of the molecule is COc1cc(-c2nc3ccccc3n2CC(=O)O)ccc1OCCCN(C)C. The Balaban J connectivity index is 1.92. The van der Waals surface area contributed by atoms with Crippen molar-refractivity contribution in [3.05, 3.63) is 42.5 Å². The first-order chi connectivity index (χ1) is 13.5. The maximum atomic E-state index is 11.4. The minimum absolute atomic E-state index is 0.166. The molecule has 1 N–H and O–H groups in total. The molecule has 148 valence electrons. The molecule has 2 aromatic carbocycles. The molecular formula is C21H25N3O4. The van der Waals surface area contributed by atoms with Gasteiger partial charge >= 0.3 is 5.97 Å². The predicted octanol–water partition coefficient (Wildman–Crippen LogP) is 3.13. The zero-order chi connectivity index (χ0) is 20.1. The lowest BCUT2D eigenvalue weighted by atomic mass is 10.2. The second-order valence-electron chi connectivity index (χ2n) is 6.77. The summed E-state index contributed by atoms with van der Waals surface area (Å²) in [4.78, 5) is 18.1. The summed E-state index contributed by atoms with van der Waals surface area (Å²) >= 11 is 0. The fourth-order valence-electron chi connectivity index (χ4n) is 3.08. The highest BCUT2D eigenvalue weighted by Crippen LogP contribution is 2.33. The molecule has 1 aromatic heterocycles. The Morgan fingerprint density at radius 1 is 1.18 bits per heavy atom. The second kappa shape index (κ2) is 8.75. The number of nitrogens with zero attached hydrogens (tertiary/aromatic N) is 3. The molecule has 0 amide bonds. The van der Waals surface area contributed by atoms with Gasteiger partial charge in [-0.25, -0.2) is 4.98 Å². The van der Waals surface area contributed by atoms with E-state index in [1.54, 1.807) is 11.7 Å². The van der Waals surface area contributed by atoms with Crippen molar-refractivity contribution in [1.82, 2.24) is 14.5 Å². The van der Waals surface area contributed by atoms with Gasteiger partial charge in [0.2, 0.25) is 0 Å². The number of fused-ring (bicyclic) bond motifs is 1. The van der Waals surface area contributed by atoms with Crippen molar-refractivity contribution in [1.29, 1.82) is 0 Å². The number of aromatic nitrogens is 2. The van der Waals surface area contributed by atoms with Crippen molar-refractivity contribution in [2.24, 2.45) is 0 Å². The molecule has 0 saturated carbocycles. The van der Waals surface area contributed by atoms with Gasteiger partial charge < -0.3 is 24.0 Å². The lowest BCUT2D eigenvalue weighted by molar-refractivity contribution is -0.137. The summed E-state index contributed by atoms with van der Waals surface area (Å²) in [6.45, 7) is 1.37. The Hall–Kier alpha value is -3.06. The molecule has 7 nitrogen and oxygen atoms in total. The van der Waals surface area contributed by atoms with Crippen molar-refractivity contribution < 1.29 is 19.4 Å². The largest absolute Gasteiger partial charge is 0.493 e. The van der Waals surface area contributed by atoms with Crippen LogP contribution in [0.25, 0.3) is 22.4 Å². The van der Waals surface area contributed by atoms with Crippen LogP contribution in [0, 0.1) is 0 Å². The summed E-state index contributed by atoms with van der Waals surface area (Å²) in [5.41, 5.74) is 2.31. The molecule has 0 aliphatic heterocycles. The number of para-hydroxylation sites is 2. The maximum Gasteiger partial charge on any atom is 0.323 e. The van der Waals surface area contributed by atoms with Gasteiger partial charge in [-0.15, -0.1) is 0 Å². The van der Waals surface area contributed by atoms with Gasteiger partial charge in [0, 0.05) is 12.1 Å². The number of hydrogen-bond acceptors (Lipinski definition) is 5. The van der Waals surface area contributed by atoms with Crippen LogP contribution in [0.2, 0.25) is 0 Å². The number of ether oxygens (including phenoxy) is 2. The summed E-state index contributed by atoms with van der Waals surface area (Å²) in [5, 5.41) is 9.32. The fourth-order valence-corrected chi connectivity index (χ4v) is 3.08. The minimum atomic E-state index is -0.919. The van der Waals surface area contributed by atoms with E-state index < -0.39 is 5.97 Å². The number of rotatable bonds is 9. The first-order valence-corrected chi connectivity index (χ1v) is 9.12. The molecule has 28 heavy (non-hydrogen) atoms. The van der Waals surface area contributed by atoms with Crippen LogP contribution in [0.15, 0.2) is 42.5 Å². The van der Waals surface area contributed by atoms with Gasteiger partial charge in [0.1, 0.15) is 12.4 Å². The fraction of sp³-hybridized carbons (Fsp3) is 0.333. The molecule has 0 unspecified atom stereocenters. The number of hydrogen-bond donors (Lipinski definition) is 1. The Morgan fingerprint density at radius 3 is 2.68 bits per heavy atom. The Bertz CT molecular complexity index is 965. The lowest BCUT2D eigenvalue weighted by Gasteiger charge is -2.14. The number of carbonyl (C=O) groups is 1. The highest BCUT2D eigenvalue weighted by Gasteiger charge is 2.16. The number of imidazole rings is 1. The van der Waals surface area contributed by atoms with Gasteiger partial charge in [-0.1, -0.05) is 12.1 Å². The van der Waals surface area contributed by atoms with Crippen LogP contribution in [0.5, 0.6) is 11.5 Å². The third-order valence-electron chi connectivity index (χ3n) is 4.38. The Kier molecular flexibility index (Phi) is 6.16.